The van der Waals surface area contributed by atoms with Crippen LogP contribution >= 0.6 is 0 Å². The van der Waals surface area contributed by atoms with Gasteiger partial charge in [0.05, 0.1) is 6.04 Å². The fourth-order valence-corrected chi connectivity index (χ4v) is 2.41. The molecule has 2 aromatic carbocycles. The van der Waals surface area contributed by atoms with Gasteiger partial charge in [-0.2, -0.15) is 0 Å². The molecule has 0 radical (unpaired) electrons. The summed E-state index contributed by atoms with van der Waals surface area (Å²) >= 11 is 0. The van der Waals surface area contributed by atoms with Gasteiger partial charge in [0, 0.05) is 6.42 Å². The van der Waals surface area contributed by atoms with Gasteiger partial charge in [0.25, 0.3) is 11.8 Å². The summed E-state index contributed by atoms with van der Waals surface area (Å²) in [6.07, 6.45) is 0.0672. The fraction of sp³-hybridized carbons (Fsp3) is 0.238. The molecule has 0 aliphatic carbocycles. The summed E-state index contributed by atoms with van der Waals surface area (Å²) in [5.74, 6) is -3.60. The zero-order chi connectivity index (χ0) is 22.8. The molecule has 31 heavy (non-hydrogen) atoms. The van der Waals surface area contributed by atoms with Crippen LogP contribution in [0.1, 0.15) is 18.1 Å². The Bertz CT molecular complexity index is 915. The van der Waals surface area contributed by atoms with E-state index in [-0.39, 0.29) is 18.8 Å². The van der Waals surface area contributed by atoms with Crippen LogP contribution in [-0.4, -0.2) is 40.9 Å². The van der Waals surface area contributed by atoms with Crippen molar-refractivity contribution in [2.75, 3.05) is 0 Å². The number of rotatable bonds is 7. The van der Waals surface area contributed by atoms with E-state index < -0.39 is 35.8 Å². The topological polar surface area (TPSA) is 160 Å². The van der Waals surface area contributed by atoms with Crippen LogP contribution < -0.4 is 21.9 Å². The maximum atomic E-state index is 12.5. The second kappa shape index (κ2) is 11.3. The number of ether oxygens (including phenoxy) is 1. The van der Waals surface area contributed by atoms with E-state index in [9.17, 15) is 24.3 Å². The molecule has 0 saturated carbocycles. The van der Waals surface area contributed by atoms with Crippen LogP contribution in [0.25, 0.3) is 0 Å². The van der Waals surface area contributed by atoms with Crippen LogP contribution in [0.3, 0.4) is 0 Å². The Morgan fingerprint density at radius 1 is 0.935 bits per heavy atom. The number of phenolic OH excluding ortho intramolecular Hbond substituents is 1. The molecule has 0 aliphatic rings. The van der Waals surface area contributed by atoms with E-state index in [0.29, 0.717) is 5.56 Å². The van der Waals surface area contributed by atoms with Gasteiger partial charge in [-0.3, -0.25) is 25.2 Å². The van der Waals surface area contributed by atoms with Crippen LogP contribution in [0.5, 0.6) is 5.75 Å². The minimum atomic E-state index is -1.18. The third-order valence-corrected chi connectivity index (χ3v) is 4.12. The molecule has 2 aromatic rings. The van der Waals surface area contributed by atoms with Crippen molar-refractivity contribution in [2.45, 2.75) is 32.0 Å². The monoisotopic (exact) mass is 428 g/mol. The Balaban J connectivity index is 1.99. The van der Waals surface area contributed by atoms with Gasteiger partial charge >= 0.3 is 11.9 Å². The van der Waals surface area contributed by atoms with Gasteiger partial charge in [-0.05, 0) is 30.2 Å². The number of nitrogens with one attached hydrogen (secondary N) is 3. The molecule has 3 amide bonds. The quantitative estimate of drug-likeness (QED) is 0.229. The smallest absolute Gasteiger partial charge is 0.397 e. The number of carbonyl (C=O) groups is 4. The molecule has 10 heteroatoms. The molecule has 10 nitrogen and oxygen atoms in total. The Morgan fingerprint density at radius 2 is 1.55 bits per heavy atom. The zero-order valence-electron chi connectivity index (χ0n) is 16.8. The zero-order valence-corrected chi connectivity index (χ0v) is 16.8. The van der Waals surface area contributed by atoms with Crippen molar-refractivity contribution in [3.05, 3.63) is 65.7 Å². The minimum Gasteiger partial charge on any atom is -0.508 e. The Hall–Kier alpha value is -3.92. The predicted octanol–water partition coefficient (Wildman–Crippen LogP) is -0.342. The molecule has 0 aliphatic heterocycles. The van der Waals surface area contributed by atoms with Crippen LogP contribution in [0.15, 0.2) is 54.6 Å². The average molecular weight is 428 g/mol. The van der Waals surface area contributed by atoms with E-state index in [2.05, 4.69) is 16.2 Å². The van der Waals surface area contributed by atoms with Crippen molar-refractivity contribution in [2.24, 2.45) is 5.73 Å². The van der Waals surface area contributed by atoms with Crippen LogP contribution in [0.4, 0.5) is 0 Å². The van der Waals surface area contributed by atoms with Gasteiger partial charge in [-0.1, -0.05) is 42.5 Å². The molecule has 0 saturated heterocycles. The number of hydrogen-bond acceptors (Lipinski definition) is 7. The Labute approximate surface area is 178 Å². The van der Waals surface area contributed by atoms with E-state index in [1.165, 1.54) is 31.2 Å². The molecule has 2 rings (SSSR count). The number of aromatic hydroxyl groups is 1. The summed E-state index contributed by atoms with van der Waals surface area (Å²) < 4.78 is 4.94. The fourth-order valence-electron chi connectivity index (χ4n) is 2.41. The number of esters is 1. The highest BCUT2D eigenvalue weighted by atomic mass is 16.5. The molecule has 0 fully saturated rings. The second-order valence-electron chi connectivity index (χ2n) is 6.73. The largest absolute Gasteiger partial charge is 0.508 e. The molecular formula is C21H24N4O6. The Kier molecular flexibility index (Phi) is 8.52. The maximum Gasteiger partial charge on any atom is 0.397 e. The van der Waals surface area contributed by atoms with Crippen LogP contribution in [-0.2, 0) is 36.9 Å². The molecule has 0 aromatic heterocycles. The van der Waals surface area contributed by atoms with Crippen molar-refractivity contribution in [3.63, 3.8) is 0 Å². The number of hydrogen-bond donors (Lipinski definition) is 5. The van der Waals surface area contributed by atoms with Gasteiger partial charge in [0.15, 0.2) is 0 Å². The number of amides is 3. The highest BCUT2D eigenvalue weighted by Gasteiger charge is 2.26. The van der Waals surface area contributed by atoms with Crippen LogP contribution in [0, 0.1) is 0 Å². The summed E-state index contributed by atoms with van der Waals surface area (Å²) in [4.78, 5) is 48.4. The average Bonchev–Trinajstić information content (AvgIpc) is 2.76. The number of hydrazine groups is 1. The molecule has 0 heterocycles. The highest BCUT2D eigenvalue weighted by molar-refractivity contribution is 6.32. The first-order valence-corrected chi connectivity index (χ1v) is 9.41. The number of phenols is 1. The molecule has 0 bridgehead atoms. The number of nitrogens with two attached hydrogens (primary N) is 1. The summed E-state index contributed by atoms with van der Waals surface area (Å²) in [6, 6.07) is 12.7. The summed E-state index contributed by atoms with van der Waals surface area (Å²) in [5, 5.41) is 11.6. The Morgan fingerprint density at radius 3 is 2.16 bits per heavy atom. The van der Waals surface area contributed by atoms with Crippen molar-refractivity contribution < 1.29 is 29.0 Å². The van der Waals surface area contributed by atoms with Gasteiger partial charge in [0.2, 0.25) is 0 Å². The summed E-state index contributed by atoms with van der Waals surface area (Å²) in [7, 11) is 0. The first-order valence-electron chi connectivity index (χ1n) is 9.41. The van der Waals surface area contributed by atoms with Gasteiger partial charge < -0.3 is 20.9 Å². The van der Waals surface area contributed by atoms with E-state index in [0.717, 1.165) is 5.56 Å². The lowest BCUT2D eigenvalue weighted by atomic mass is 10.1. The van der Waals surface area contributed by atoms with Crippen LogP contribution in [0.2, 0.25) is 0 Å². The lowest BCUT2D eigenvalue weighted by molar-refractivity contribution is -0.156. The van der Waals surface area contributed by atoms with Crippen molar-refractivity contribution in [1.82, 2.24) is 16.2 Å². The van der Waals surface area contributed by atoms with E-state index in [1.54, 1.807) is 30.3 Å². The van der Waals surface area contributed by atoms with E-state index in [4.69, 9.17) is 10.5 Å². The van der Waals surface area contributed by atoms with Gasteiger partial charge in [0.1, 0.15) is 18.4 Å². The van der Waals surface area contributed by atoms with Crippen molar-refractivity contribution in [3.8, 4) is 5.75 Å². The minimum absolute atomic E-state index is 0.0544. The standard InChI is InChI=1S/C21H24N4O6/c1-13(22)18(27)24-25-19(28)17(11-14-5-3-2-4-6-14)23-20(29)21(30)31-12-15-7-9-16(26)10-8-15/h2-10,13,17,26H,11-12,22H2,1H3,(H,23,29)(H,24,27)(H,25,28)/t13-,17-/m0/s1. The lowest BCUT2D eigenvalue weighted by Gasteiger charge is -2.19. The molecule has 6 N–H and O–H groups in total. The predicted molar refractivity (Wildman–Crippen MR) is 110 cm³/mol. The molecule has 0 spiro atoms. The molecular weight excluding hydrogens is 404 g/mol. The number of carbonyl (C=O) groups excluding carboxylic acids is 4. The maximum absolute atomic E-state index is 12.5. The summed E-state index contributed by atoms with van der Waals surface area (Å²) in [5.41, 5.74) is 11.0. The van der Waals surface area contributed by atoms with Crippen molar-refractivity contribution >= 4 is 23.7 Å². The van der Waals surface area contributed by atoms with Gasteiger partial charge in [-0.15, -0.1) is 0 Å². The van der Waals surface area contributed by atoms with Gasteiger partial charge in [-0.25, -0.2) is 4.79 Å². The molecule has 164 valence electrons. The highest BCUT2D eigenvalue weighted by Crippen LogP contribution is 2.10. The third kappa shape index (κ3) is 7.78. The first kappa shape index (κ1) is 23.4. The summed E-state index contributed by atoms with van der Waals surface area (Å²) in [6.45, 7) is 1.25. The number of benzene rings is 2. The van der Waals surface area contributed by atoms with Crippen molar-refractivity contribution in [1.29, 1.82) is 0 Å². The first-order chi connectivity index (χ1) is 14.8. The molecule has 2 atom stereocenters. The van der Waals surface area contributed by atoms with E-state index in [1.807, 2.05) is 0 Å². The SMILES string of the molecule is C[C@H](N)C(=O)NNC(=O)[C@H](Cc1ccccc1)NC(=O)C(=O)OCc1ccc(O)cc1. The molecule has 0 unspecified atom stereocenters. The third-order valence-electron chi connectivity index (χ3n) is 4.12. The second-order valence-corrected chi connectivity index (χ2v) is 6.73. The van der Waals surface area contributed by atoms with E-state index >= 15 is 0 Å². The lowest BCUT2D eigenvalue weighted by Crippen LogP contribution is -2.56. The normalized spacial score (nSPS) is 12.2.